The van der Waals surface area contributed by atoms with Crippen molar-refractivity contribution in [2.75, 3.05) is 10.6 Å². The Morgan fingerprint density at radius 1 is 0.632 bits per heavy atom. The summed E-state index contributed by atoms with van der Waals surface area (Å²) in [5.41, 5.74) is 3.05. The fourth-order valence-electron chi connectivity index (χ4n) is 3.26. The van der Waals surface area contributed by atoms with Crippen molar-refractivity contribution in [2.45, 2.75) is 0 Å². The highest BCUT2D eigenvalue weighted by Gasteiger charge is 2.08. The molecule has 0 saturated carbocycles. The van der Waals surface area contributed by atoms with Gasteiger partial charge >= 0.3 is 0 Å². The first kappa shape index (κ1) is 25.8. The lowest BCUT2D eigenvalue weighted by molar-refractivity contribution is -0.112. The third kappa shape index (κ3) is 7.89. The molecule has 0 fully saturated rings. The molecule has 0 aliphatic rings. The Labute approximate surface area is 218 Å². The monoisotopic (exact) mass is 508 g/mol. The van der Waals surface area contributed by atoms with Crippen LogP contribution in [-0.4, -0.2) is 11.8 Å². The largest absolute Gasteiger partial charge is 0.322 e. The quantitative estimate of drug-likeness (QED) is 0.189. The number of hydrogen-bond acceptors (Lipinski definition) is 4. The highest BCUT2D eigenvalue weighted by molar-refractivity contribution is 6.05. The number of azo groups is 1. The number of benzene rings is 4. The molecule has 6 nitrogen and oxygen atoms in total. The van der Waals surface area contributed by atoms with Crippen molar-refractivity contribution in [1.82, 2.24) is 0 Å². The molecule has 0 bridgehead atoms. The SMILES string of the molecule is O=C(C=Cc1ccc(F)cc1)Nc1ccc(N=Nc2ccccc2)c(NC(=O)C=Cc2ccc(F)cc2)c1. The summed E-state index contributed by atoms with van der Waals surface area (Å²) in [7, 11) is 0. The molecule has 4 aromatic carbocycles. The summed E-state index contributed by atoms with van der Waals surface area (Å²) in [5, 5.41) is 13.9. The van der Waals surface area contributed by atoms with E-state index in [9.17, 15) is 18.4 Å². The molecular weight excluding hydrogens is 486 g/mol. The van der Waals surface area contributed by atoms with E-state index in [2.05, 4.69) is 20.9 Å². The van der Waals surface area contributed by atoms with Crippen LogP contribution in [0.3, 0.4) is 0 Å². The van der Waals surface area contributed by atoms with Crippen LogP contribution < -0.4 is 10.6 Å². The molecule has 0 unspecified atom stereocenters. The number of hydrogen-bond donors (Lipinski definition) is 2. The number of anilines is 2. The van der Waals surface area contributed by atoms with Gasteiger partial charge in [0.25, 0.3) is 0 Å². The van der Waals surface area contributed by atoms with Crippen molar-refractivity contribution in [1.29, 1.82) is 0 Å². The van der Waals surface area contributed by atoms with E-state index in [1.165, 1.54) is 36.4 Å². The third-order valence-corrected chi connectivity index (χ3v) is 5.15. The maximum Gasteiger partial charge on any atom is 0.248 e. The van der Waals surface area contributed by atoms with E-state index in [0.717, 1.165) is 0 Å². The molecule has 4 rings (SSSR count). The summed E-state index contributed by atoms with van der Waals surface area (Å²) in [6.07, 6.45) is 5.73. The Bertz CT molecular complexity index is 1500. The average molecular weight is 509 g/mol. The Balaban J connectivity index is 1.52. The summed E-state index contributed by atoms with van der Waals surface area (Å²) in [6, 6.07) is 25.3. The van der Waals surface area contributed by atoms with E-state index in [1.807, 2.05) is 18.2 Å². The lowest BCUT2D eigenvalue weighted by Crippen LogP contribution is -2.10. The highest BCUT2D eigenvalue weighted by atomic mass is 19.1. The predicted octanol–water partition coefficient (Wildman–Crippen LogP) is 7.68. The predicted molar refractivity (Wildman–Crippen MR) is 145 cm³/mol. The van der Waals surface area contributed by atoms with Crippen molar-refractivity contribution in [3.63, 3.8) is 0 Å². The number of nitrogens with zero attached hydrogens (tertiary/aromatic N) is 2. The number of amides is 2. The van der Waals surface area contributed by atoms with Gasteiger partial charge in [-0.25, -0.2) is 8.78 Å². The number of halogens is 2. The molecule has 0 aliphatic carbocycles. The summed E-state index contributed by atoms with van der Waals surface area (Å²) in [4.78, 5) is 25.1. The van der Waals surface area contributed by atoms with Gasteiger partial charge in [0, 0.05) is 17.8 Å². The molecule has 0 atom stereocenters. The van der Waals surface area contributed by atoms with Crippen LogP contribution in [-0.2, 0) is 9.59 Å². The molecule has 38 heavy (non-hydrogen) atoms. The molecule has 0 aliphatic heterocycles. The van der Waals surface area contributed by atoms with E-state index in [-0.39, 0.29) is 11.6 Å². The smallest absolute Gasteiger partial charge is 0.248 e. The van der Waals surface area contributed by atoms with Gasteiger partial charge in [-0.2, -0.15) is 5.11 Å². The van der Waals surface area contributed by atoms with Gasteiger partial charge in [0.1, 0.15) is 17.3 Å². The lowest BCUT2D eigenvalue weighted by Gasteiger charge is -2.09. The van der Waals surface area contributed by atoms with Crippen molar-refractivity contribution in [3.05, 3.63) is 132 Å². The van der Waals surface area contributed by atoms with E-state index >= 15 is 0 Å². The van der Waals surface area contributed by atoms with Gasteiger partial charge in [0.05, 0.1) is 11.4 Å². The highest BCUT2D eigenvalue weighted by Crippen LogP contribution is 2.30. The second-order valence-corrected chi connectivity index (χ2v) is 8.02. The van der Waals surface area contributed by atoms with Gasteiger partial charge < -0.3 is 10.6 Å². The average Bonchev–Trinajstić information content (AvgIpc) is 2.92. The van der Waals surface area contributed by atoms with Crippen LogP contribution in [0.5, 0.6) is 0 Å². The zero-order chi connectivity index (χ0) is 26.7. The summed E-state index contributed by atoms with van der Waals surface area (Å²) < 4.78 is 26.2. The molecule has 0 heterocycles. The molecule has 8 heteroatoms. The molecule has 0 saturated heterocycles. The van der Waals surface area contributed by atoms with Crippen molar-refractivity contribution >= 4 is 46.7 Å². The van der Waals surface area contributed by atoms with Gasteiger partial charge in [-0.15, -0.1) is 5.11 Å². The fraction of sp³-hybridized carbons (Fsp3) is 0. The molecule has 2 N–H and O–H groups in total. The van der Waals surface area contributed by atoms with Crippen LogP contribution in [0, 0.1) is 11.6 Å². The van der Waals surface area contributed by atoms with Gasteiger partial charge in [-0.05, 0) is 77.9 Å². The first-order valence-electron chi connectivity index (χ1n) is 11.5. The Hall–Kier alpha value is -5.24. The molecule has 0 spiro atoms. The van der Waals surface area contributed by atoms with Gasteiger partial charge in [0.15, 0.2) is 0 Å². The zero-order valence-corrected chi connectivity index (χ0v) is 20.0. The Kier molecular flexibility index (Phi) is 8.60. The minimum atomic E-state index is -0.454. The number of rotatable bonds is 8. The zero-order valence-electron chi connectivity index (χ0n) is 20.0. The van der Waals surface area contributed by atoms with E-state index in [1.54, 1.807) is 66.7 Å². The van der Waals surface area contributed by atoms with Gasteiger partial charge in [0.2, 0.25) is 11.8 Å². The van der Waals surface area contributed by atoms with Crippen molar-refractivity contribution < 1.29 is 18.4 Å². The first-order chi connectivity index (χ1) is 18.4. The lowest BCUT2D eigenvalue weighted by atomic mass is 10.2. The maximum atomic E-state index is 13.1. The summed E-state index contributed by atoms with van der Waals surface area (Å²) >= 11 is 0. The molecule has 4 aromatic rings. The molecule has 0 radical (unpaired) electrons. The molecule has 2 amide bonds. The minimum Gasteiger partial charge on any atom is -0.322 e. The van der Waals surface area contributed by atoms with Crippen LogP contribution >= 0.6 is 0 Å². The van der Waals surface area contributed by atoms with Crippen LogP contribution in [0.15, 0.2) is 119 Å². The van der Waals surface area contributed by atoms with Crippen LogP contribution in [0.2, 0.25) is 0 Å². The second kappa shape index (κ2) is 12.6. The van der Waals surface area contributed by atoms with Crippen LogP contribution in [0.4, 0.5) is 31.5 Å². The summed E-state index contributed by atoms with van der Waals surface area (Å²) in [6.45, 7) is 0. The van der Waals surface area contributed by atoms with Crippen LogP contribution in [0.1, 0.15) is 11.1 Å². The Morgan fingerprint density at radius 3 is 1.76 bits per heavy atom. The van der Waals surface area contributed by atoms with Gasteiger partial charge in [-0.3, -0.25) is 9.59 Å². The molecular formula is C30H22F2N4O2. The number of nitrogens with one attached hydrogen (secondary N) is 2. The van der Waals surface area contributed by atoms with Crippen molar-refractivity contribution in [2.24, 2.45) is 10.2 Å². The van der Waals surface area contributed by atoms with Crippen LogP contribution in [0.25, 0.3) is 12.2 Å². The van der Waals surface area contributed by atoms with E-state index in [4.69, 9.17) is 0 Å². The number of carbonyl (C=O) groups is 2. The Morgan fingerprint density at radius 2 is 1.18 bits per heavy atom. The van der Waals surface area contributed by atoms with E-state index < -0.39 is 11.8 Å². The summed E-state index contributed by atoms with van der Waals surface area (Å²) in [5.74, 6) is -1.60. The number of carbonyl (C=O) groups excluding carboxylic acids is 2. The molecule has 188 valence electrons. The van der Waals surface area contributed by atoms with Crippen molar-refractivity contribution in [3.8, 4) is 0 Å². The topological polar surface area (TPSA) is 82.9 Å². The normalized spacial score (nSPS) is 11.3. The minimum absolute atomic E-state index is 0.318. The maximum absolute atomic E-state index is 13.1. The standard InChI is InChI=1S/C30H22F2N4O2/c31-23-12-6-21(7-13-23)10-18-29(37)33-26-16-17-27(36-35-25-4-2-1-3-5-25)28(20-26)34-30(38)19-11-22-8-14-24(32)15-9-22/h1-20H,(H,33,37)(H,34,38). The van der Waals surface area contributed by atoms with E-state index in [0.29, 0.717) is 33.9 Å². The first-order valence-corrected chi connectivity index (χ1v) is 11.5. The fourth-order valence-corrected chi connectivity index (χ4v) is 3.26. The second-order valence-electron chi connectivity index (χ2n) is 8.02. The third-order valence-electron chi connectivity index (χ3n) is 5.15. The molecule has 0 aromatic heterocycles. The van der Waals surface area contributed by atoms with Gasteiger partial charge in [-0.1, -0.05) is 42.5 Å².